The van der Waals surface area contributed by atoms with E-state index in [9.17, 15) is 9.50 Å². The van der Waals surface area contributed by atoms with Gasteiger partial charge in [-0.15, -0.1) is 0 Å². The van der Waals surface area contributed by atoms with Crippen molar-refractivity contribution in [2.24, 2.45) is 0 Å². The van der Waals surface area contributed by atoms with Crippen LogP contribution in [0.2, 0.25) is 0 Å². The molecule has 3 heteroatoms. The van der Waals surface area contributed by atoms with E-state index in [4.69, 9.17) is 4.74 Å². The number of hydrogen-bond donors (Lipinski definition) is 1. The summed E-state index contributed by atoms with van der Waals surface area (Å²) in [5.41, 5.74) is 0.240. The first-order valence-electron chi connectivity index (χ1n) is 7.70. The quantitative estimate of drug-likeness (QED) is 0.761. The van der Waals surface area contributed by atoms with Gasteiger partial charge in [0.25, 0.3) is 0 Å². The zero-order chi connectivity index (χ0) is 14.6. The second kappa shape index (κ2) is 6.57. The minimum absolute atomic E-state index is 0.324. The van der Waals surface area contributed by atoms with E-state index >= 15 is 0 Å². The molecule has 1 N–H and O–H groups in total. The Bertz CT molecular complexity index is 447. The Hall–Kier alpha value is -1.09. The van der Waals surface area contributed by atoms with Gasteiger partial charge >= 0.3 is 0 Å². The largest absolute Gasteiger partial charge is 0.487 e. The summed E-state index contributed by atoms with van der Waals surface area (Å²) in [4.78, 5) is 0. The van der Waals surface area contributed by atoms with E-state index in [2.05, 4.69) is 6.92 Å². The molecule has 0 amide bonds. The Morgan fingerprint density at radius 3 is 2.80 bits per heavy atom. The summed E-state index contributed by atoms with van der Waals surface area (Å²) in [5, 5.41) is 10.2. The lowest BCUT2D eigenvalue weighted by Gasteiger charge is -2.38. The summed E-state index contributed by atoms with van der Waals surface area (Å²) in [7, 11) is 0. The number of ether oxygens (including phenoxy) is 1. The highest BCUT2D eigenvalue weighted by Gasteiger charge is 2.36. The van der Waals surface area contributed by atoms with Crippen molar-refractivity contribution in [2.45, 2.75) is 70.5 Å². The van der Waals surface area contributed by atoms with E-state index < -0.39 is 6.10 Å². The number of fused-ring (bicyclic) bond motifs is 1. The Labute approximate surface area is 121 Å². The molecule has 0 saturated carbocycles. The molecule has 0 spiro atoms. The van der Waals surface area contributed by atoms with Crippen LogP contribution in [0.5, 0.6) is 5.75 Å². The number of benzene rings is 1. The molecule has 2 atom stereocenters. The van der Waals surface area contributed by atoms with Crippen molar-refractivity contribution >= 4 is 0 Å². The maximum Gasteiger partial charge on any atom is 0.126 e. The molecule has 20 heavy (non-hydrogen) atoms. The van der Waals surface area contributed by atoms with Gasteiger partial charge in [0.05, 0.1) is 6.10 Å². The van der Waals surface area contributed by atoms with Crippen LogP contribution in [0.4, 0.5) is 4.39 Å². The third-order valence-corrected chi connectivity index (χ3v) is 4.12. The predicted molar refractivity (Wildman–Crippen MR) is 78.4 cm³/mol. The summed E-state index contributed by atoms with van der Waals surface area (Å²) in [6.45, 7) is 4.25. The van der Waals surface area contributed by atoms with Gasteiger partial charge in [0.15, 0.2) is 0 Å². The first kappa shape index (κ1) is 15.3. The number of halogens is 1. The summed E-state index contributed by atoms with van der Waals surface area (Å²) in [5.74, 6) is 0.302. The second-order valence-electron chi connectivity index (χ2n) is 6.12. The molecule has 2 nitrogen and oxygen atoms in total. The molecular formula is C17H25FO2. The van der Waals surface area contributed by atoms with Gasteiger partial charge < -0.3 is 9.84 Å². The molecule has 1 unspecified atom stereocenters. The highest BCUT2D eigenvalue weighted by Crippen LogP contribution is 2.41. The fourth-order valence-corrected chi connectivity index (χ4v) is 2.95. The van der Waals surface area contributed by atoms with Crippen LogP contribution in [-0.2, 0) is 0 Å². The summed E-state index contributed by atoms with van der Waals surface area (Å²) < 4.78 is 19.2. The molecule has 0 bridgehead atoms. The minimum Gasteiger partial charge on any atom is -0.487 e. The molecule has 1 aliphatic heterocycles. The number of aliphatic hydroxyl groups is 1. The molecule has 0 saturated heterocycles. The van der Waals surface area contributed by atoms with Crippen LogP contribution in [0.15, 0.2) is 18.2 Å². The average Bonchev–Trinajstić information content (AvgIpc) is 2.39. The van der Waals surface area contributed by atoms with Crippen molar-refractivity contribution in [3.05, 3.63) is 29.6 Å². The zero-order valence-corrected chi connectivity index (χ0v) is 12.5. The second-order valence-corrected chi connectivity index (χ2v) is 6.12. The molecule has 1 aromatic rings. The van der Waals surface area contributed by atoms with Crippen LogP contribution in [0.3, 0.4) is 0 Å². The number of hydrogen-bond acceptors (Lipinski definition) is 2. The van der Waals surface area contributed by atoms with E-state index in [-0.39, 0.29) is 11.4 Å². The molecule has 0 fully saturated rings. The Balaban J connectivity index is 1.96. The van der Waals surface area contributed by atoms with Crippen LogP contribution in [-0.4, -0.2) is 10.7 Å². The van der Waals surface area contributed by atoms with Crippen LogP contribution in [0.25, 0.3) is 0 Å². The summed E-state index contributed by atoms with van der Waals surface area (Å²) in [6, 6.07) is 4.39. The Kier molecular flexibility index (Phi) is 5.03. The van der Waals surface area contributed by atoms with Crippen LogP contribution >= 0.6 is 0 Å². The highest BCUT2D eigenvalue weighted by atomic mass is 19.1. The molecule has 1 aliphatic rings. The standard InChI is InChI=1S/C17H25FO2/c1-3-4-5-6-7-10-17(2)12-15(19)14-11-13(18)8-9-16(14)20-17/h8-9,11,15,19H,3-7,10,12H2,1-2H3/t15-,17?/m0/s1. The van der Waals surface area contributed by atoms with E-state index in [1.807, 2.05) is 6.92 Å². The minimum atomic E-state index is -0.630. The van der Waals surface area contributed by atoms with Crippen molar-refractivity contribution in [1.82, 2.24) is 0 Å². The Morgan fingerprint density at radius 1 is 1.30 bits per heavy atom. The van der Waals surface area contributed by atoms with Gasteiger partial charge in [-0.1, -0.05) is 32.6 Å². The van der Waals surface area contributed by atoms with E-state index in [0.29, 0.717) is 17.7 Å². The van der Waals surface area contributed by atoms with Crippen LogP contribution < -0.4 is 4.74 Å². The number of aliphatic hydroxyl groups excluding tert-OH is 1. The predicted octanol–water partition coefficient (Wildman–Crippen LogP) is 4.76. The lowest BCUT2D eigenvalue weighted by atomic mass is 9.86. The lowest BCUT2D eigenvalue weighted by Crippen LogP contribution is -2.38. The topological polar surface area (TPSA) is 29.5 Å². The van der Waals surface area contributed by atoms with Gasteiger partial charge in [-0.2, -0.15) is 0 Å². The number of rotatable bonds is 6. The van der Waals surface area contributed by atoms with Crippen LogP contribution in [0, 0.1) is 5.82 Å². The third kappa shape index (κ3) is 3.72. The van der Waals surface area contributed by atoms with Crippen LogP contribution in [0.1, 0.15) is 70.5 Å². The lowest BCUT2D eigenvalue weighted by molar-refractivity contribution is -0.00874. The smallest absolute Gasteiger partial charge is 0.126 e. The molecule has 2 rings (SSSR count). The van der Waals surface area contributed by atoms with E-state index in [1.165, 1.54) is 37.8 Å². The monoisotopic (exact) mass is 280 g/mol. The van der Waals surface area contributed by atoms with Gasteiger partial charge in [0.2, 0.25) is 0 Å². The van der Waals surface area contributed by atoms with Gasteiger partial charge in [0.1, 0.15) is 17.2 Å². The summed E-state index contributed by atoms with van der Waals surface area (Å²) in [6.07, 6.45) is 6.95. The molecule has 0 aliphatic carbocycles. The SMILES string of the molecule is CCCCCCCC1(C)C[C@H](O)c2cc(F)ccc2O1. The van der Waals surface area contributed by atoms with Gasteiger partial charge in [-0.05, 0) is 38.0 Å². The molecule has 0 aromatic heterocycles. The normalized spacial score (nSPS) is 25.1. The molecule has 1 heterocycles. The fourth-order valence-electron chi connectivity index (χ4n) is 2.95. The van der Waals surface area contributed by atoms with Crippen molar-refractivity contribution in [3.63, 3.8) is 0 Å². The third-order valence-electron chi connectivity index (χ3n) is 4.12. The van der Waals surface area contributed by atoms with Gasteiger partial charge in [0, 0.05) is 12.0 Å². The highest BCUT2D eigenvalue weighted by molar-refractivity contribution is 5.38. The van der Waals surface area contributed by atoms with Crippen molar-refractivity contribution in [1.29, 1.82) is 0 Å². The van der Waals surface area contributed by atoms with Crippen molar-refractivity contribution < 1.29 is 14.2 Å². The first-order valence-corrected chi connectivity index (χ1v) is 7.70. The molecule has 112 valence electrons. The summed E-state index contributed by atoms with van der Waals surface area (Å²) >= 11 is 0. The molecule has 1 aromatic carbocycles. The van der Waals surface area contributed by atoms with Gasteiger partial charge in [-0.3, -0.25) is 0 Å². The molecular weight excluding hydrogens is 255 g/mol. The van der Waals surface area contributed by atoms with E-state index in [0.717, 1.165) is 12.8 Å². The number of unbranched alkanes of at least 4 members (excludes halogenated alkanes) is 4. The van der Waals surface area contributed by atoms with E-state index in [1.54, 1.807) is 6.07 Å². The zero-order valence-electron chi connectivity index (χ0n) is 12.5. The maximum absolute atomic E-state index is 13.2. The first-order chi connectivity index (χ1) is 9.54. The Morgan fingerprint density at radius 2 is 2.05 bits per heavy atom. The van der Waals surface area contributed by atoms with Crippen molar-refractivity contribution in [3.8, 4) is 5.75 Å². The maximum atomic E-state index is 13.2. The average molecular weight is 280 g/mol. The molecule has 0 radical (unpaired) electrons. The van der Waals surface area contributed by atoms with Gasteiger partial charge in [-0.25, -0.2) is 4.39 Å². The van der Waals surface area contributed by atoms with Crippen molar-refractivity contribution in [2.75, 3.05) is 0 Å². The fraction of sp³-hybridized carbons (Fsp3) is 0.647.